The second-order valence-electron chi connectivity index (χ2n) is 4.71. The lowest BCUT2D eigenvalue weighted by Gasteiger charge is -2.10. The lowest BCUT2D eigenvalue weighted by Crippen LogP contribution is -2.13. The Bertz CT molecular complexity index is 570. The average Bonchev–Trinajstić information content (AvgIpc) is 2.89. The van der Waals surface area contributed by atoms with E-state index in [0.29, 0.717) is 12.5 Å². The number of anilines is 2. The number of hydrogen-bond donors (Lipinski definition) is 3. The van der Waals surface area contributed by atoms with Crippen LogP contribution >= 0.6 is 11.3 Å². The quantitative estimate of drug-likeness (QED) is 0.732. The van der Waals surface area contributed by atoms with Crippen molar-refractivity contribution < 1.29 is 5.11 Å². The zero-order valence-corrected chi connectivity index (χ0v) is 13.0. The van der Waals surface area contributed by atoms with E-state index in [0.717, 1.165) is 35.3 Å². The van der Waals surface area contributed by atoms with E-state index in [1.54, 1.807) is 11.3 Å². The van der Waals surface area contributed by atoms with Gasteiger partial charge < -0.3 is 15.7 Å². The minimum atomic E-state index is -0.253. The summed E-state index contributed by atoms with van der Waals surface area (Å²) < 4.78 is 0. The van der Waals surface area contributed by atoms with Gasteiger partial charge in [0.15, 0.2) is 0 Å². The van der Waals surface area contributed by atoms with E-state index in [4.69, 9.17) is 0 Å². The fourth-order valence-electron chi connectivity index (χ4n) is 1.95. The predicted octanol–water partition coefficient (Wildman–Crippen LogP) is 2.87. The van der Waals surface area contributed by atoms with Crippen LogP contribution in [0.5, 0.6) is 0 Å². The number of thiophene rings is 1. The molecular weight excluding hydrogens is 272 g/mol. The molecule has 1 unspecified atom stereocenters. The third kappa shape index (κ3) is 3.37. The molecule has 2 aromatic heterocycles. The van der Waals surface area contributed by atoms with Crippen LogP contribution < -0.4 is 10.6 Å². The molecule has 0 aliphatic carbocycles. The van der Waals surface area contributed by atoms with Crippen molar-refractivity contribution in [3.8, 4) is 0 Å². The van der Waals surface area contributed by atoms with Gasteiger partial charge in [0.05, 0.1) is 11.5 Å². The van der Waals surface area contributed by atoms with Crippen molar-refractivity contribution in [3.63, 3.8) is 0 Å². The number of nitrogens with one attached hydrogen (secondary N) is 2. The minimum Gasteiger partial charge on any atom is -0.393 e. The number of fused-ring (bicyclic) bond motifs is 1. The number of aliphatic hydroxyl groups excluding tert-OH is 1. The number of aromatic nitrogens is 2. The molecule has 2 aromatic rings. The van der Waals surface area contributed by atoms with Crippen molar-refractivity contribution in [2.45, 2.75) is 39.2 Å². The zero-order chi connectivity index (χ0) is 14.5. The second kappa shape index (κ2) is 6.85. The topological polar surface area (TPSA) is 70.1 Å². The average molecular weight is 294 g/mol. The molecule has 3 N–H and O–H groups in total. The lowest BCUT2D eigenvalue weighted by molar-refractivity contribution is 0.164. The smallest absolute Gasteiger partial charge is 0.225 e. The van der Waals surface area contributed by atoms with Crippen LogP contribution in [0, 0.1) is 0 Å². The van der Waals surface area contributed by atoms with Crippen molar-refractivity contribution >= 4 is 33.3 Å². The molecule has 6 heteroatoms. The molecule has 0 spiro atoms. The fraction of sp³-hybridized carbons (Fsp3) is 0.571. The molecule has 5 nitrogen and oxygen atoms in total. The van der Waals surface area contributed by atoms with Crippen LogP contribution in [-0.4, -0.2) is 34.8 Å². The van der Waals surface area contributed by atoms with Crippen molar-refractivity contribution in [1.29, 1.82) is 0 Å². The maximum absolute atomic E-state index is 9.61. The SMILES string of the molecule is CCc1cc2c(NCCC(O)CC)nc(NC)nc2s1. The van der Waals surface area contributed by atoms with Crippen LogP contribution in [0.15, 0.2) is 6.07 Å². The maximum atomic E-state index is 9.61. The first-order valence-corrected chi connectivity index (χ1v) is 7.89. The van der Waals surface area contributed by atoms with Gasteiger partial charge in [0.1, 0.15) is 10.6 Å². The molecule has 0 saturated heterocycles. The van der Waals surface area contributed by atoms with E-state index in [2.05, 4.69) is 33.6 Å². The van der Waals surface area contributed by atoms with Crippen molar-refractivity contribution in [1.82, 2.24) is 9.97 Å². The summed E-state index contributed by atoms with van der Waals surface area (Å²) in [5.41, 5.74) is 0. The Morgan fingerprint density at radius 2 is 2.15 bits per heavy atom. The Morgan fingerprint density at radius 1 is 1.35 bits per heavy atom. The number of aliphatic hydroxyl groups is 1. The van der Waals surface area contributed by atoms with Crippen molar-refractivity contribution in [2.24, 2.45) is 0 Å². The van der Waals surface area contributed by atoms with Gasteiger partial charge in [-0.1, -0.05) is 13.8 Å². The van der Waals surface area contributed by atoms with Crippen molar-refractivity contribution in [2.75, 3.05) is 24.2 Å². The van der Waals surface area contributed by atoms with Gasteiger partial charge in [0.25, 0.3) is 0 Å². The van der Waals surface area contributed by atoms with Gasteiger partial charge in [-0.3, -0.25) is 0 Å². The molecular formula is C14H22N4OS. The number of hydrogen-bond acceptors (Lipinski definition) is 6. The first-order valence-electron chi connectivity index (χ1n) is 7.08. The van der Waals surface area contributed by atoms with Gasteiger partial charge >= 0.3 is 0 Å². The highest BCUT2D eigenvalue weighted by Crippen LogP contribution is 2.30. The van der Waals surface area contributed by atoms with Gasteiger partial charge in [-0.05, 0) is 25.3 Å². The van der Waals surface area contributed by atoms with Gasteiger partial charge in [0.2, 0.25) is 5.95 Å². The first kappa shape index (κ1) is 15.0. The Morgan fingerprint density at radius 3 is 2.80 bits per heavy atom. The zero-order valence-electron chi connectivity index (χ0n) is 12.2. The summed E-state index contributed by atoms with van der Waals surface area (Å²) in [7, 11) is 1.82. The fourth-order valence-corrected chi connectivity index (χ4v) is 2.92. The molecule has 2 rings (SSSR count). The predicted molar refractivity (Wildman–Crippen MR) is 85.7 cm³/mol. The number of rotatable bonds is 7. The van der Waals surface area contributed by atoms with Gasteiger partial charge in [0, 0.05) is 18.5 Å². The summed E-state index contributed by atoms with van der Waals surface area (Å²) in [4.78, 5) is 11.3. The van der Waals surface area contributed by atoms with Crippen LogP contribution in [0.2, 0.25) is 0 Å². The summed E-state index contributed by atoms with van der Waals surface area (Å²) in [6.45, 7) is 4.84. The molecule has 0 aliphatic heterocycles. The summed E-state index contributed by atoms with van der Waals surface area (Å²) in [6, 6.07) is 2.15. The highest BCUT2D eigenvalue weighted by molar-refractivity contribution is 7.18. The number of aryl methyl sites for hydroxylation is 1. The Balaban J connectivity index is 2.23. The molecule has 110 valence electrons. The summed E-state index contributed by atoms with van der Waals surface area (Å²) in [5, 5.41) is 17.0. The largest absolute Gasteiger partial charge is 0.393 e. The van der Waals surface area contributed by atoms with Crippen LogP contribution in [-0.2, 0) is 6.42 Å². The Hall–Kier alpha value is -1.40. The summed E-state index contributed by atoms with van der Waals surface area (Å²) >= 11 is 1.70. The van der Waals surface area contributed by atoms with Crippen molar-refractivity contribution in [3.05, 3.63) is 10.9 Å². The maximum Gasteiger partial charge on any atom is 0.225 e. The normalized spacial score (nSPS) is 12.6. The van der Waals surface area contributed by atoms with Crippen LogP contribution in [0.4, 0.5) is 11.8 Å². The molecule has 2 heterocycles. The molecule has 0 aliphatic rings. The van der Waals surface area contributed by atoms with E-state index >= 15 is 0 Å². The molecule has 0 saturated carbocycles. The van der Waals surface area contributed by atoms with Gasteiger partial charge in [-0.25, -0.2) is 4.98 Å². The van der Waals surface area contributed by atoms with E-state index in [-0.39, 0.29) is 6.10 Å². The first-order chi connectivity index (χ1) is 9.67. The molecule has 0 radical (unpaired) electrons. The van der Waals surface area contributed by atoms with E-state index in [9.17, 15) is 5.11 Å². The third-order valence-electron chi connectivity index (χ3n) is 3.26. The van der Waals surface area contributed by atoms with E-state index < -0.39 is 0 Å². The monoisotopic (exact) mass is 294 g/mol. The molecule has 0 amide bonds. The van der Waals surface area contributed by atoms with Gasteiger partial charge in [-0.15, -0.1) is 11.3 Å². The molecule has 20 heavy (non-hydrogen) atoms. The number of nitrogens with zero attached hydrogens (tertiary/aromatic N) is 2. The van der Waals surface area contributed by atoms with Crippen LogP contribution in [0.25, 0.3) is 10.2 Å². The van der Waals surface area contributed by atoms with Crippen LogP contribution in [0.1, 0.15) is 31.6 Å². The summed E-state index contributed by atoms with van der Waals surface area (Å²) in [5.74, 6) is 1.47. The van der Waals surface area contributed by atoms with E-state index in [1.807, 2.05) is 14.0 Å². The molecule has 0 fully saturated rings. The van der Waals surface area contributed by atoms with E-state index in [1.165, 1.54) is 4.88 Å². The lowest BCUT2D eigenvalue weighted by atomic mass is 10.2. The Labute approximate surface area is 123 Å². The highest BCUT2D eigenvalue weighted by atomic mass is 32.1. The standard InChI is InChI=1S/C14H22N4OS/c1-4-9(19)6-7-16-12-11-8-10(5-2)20-13(11)18-14(15-3)17-12/h8-9,19H,4-7H2,1-3H3,(H2,15,16,17,18). The third-order valence-corrected chi connectivity index (χ3v) is 4.43. The Kier molecular flexibility index (Phi) is 5.14. The minimum absolute atomic E-state index is 0.253. The molecule has 0 bridgehead atoms. The highest BCUT2D eigenvalue weighted by Gasteiger charge is 2.11. The summed E-state index contributed by atoms with van der Waals surface area (Å²) in [6.07, 6.45) is 2.25. The van der Waals surface area contributed by atoms with Crippen LogP contribution in [0.3, 0.4) is 0 Å². The molecule has 0 aromatic carbocycles. The second-order valence-corrected chi connectivity index (χ2v) is 5.82. The van der Waals surface area contributed by atoms with Gasteiger partial charge in [-0.2, -0.15) is 4.98 Å². The molecule has 1 atom stereocenters.